The van der Waals surface area contributed by atoms with Crippen molar-refractivity contribution in [1.29, 1.82) is 0 Å². The van der Waals surface area contributed by atoms with Crippen LogP contribution in [0.5, 0.6) is 0 Å². The number of halogens is 2. The normalized spacial score (nSPS) is 14.6. The molecule has 0 spiro atoms. The molecule has 0 bridgehead atoms. The summed E-state index contributed by atoms with van der Waals surface area (Å²) >= 11 is 0. The van der Waals surface area contributed by atoms with Gasteiger partial charge < -0.3 is 9.84 Å². The van der Waals surface area contributed by atoms with E-state index in [1.807, 2.05) is 0 Å². The number of aromatic nitrogens is 3. The molecule has 0 saturated heterocycles. The highest BCUT2D eigenvalue weighted by molar-refractivity contribution is 5.91. The monoisotopic (exact) mass is 310 g/mol. The quantitative estimate of drug-likeness (QED) is 0.921. The number of rotatable bonds is 5. The van der Waals surface area contributed by atoms with Crippen LogP contribution in [0, 0.1) is 13.8 Å². The zero-order chi connectivity index (χ0) is 15.9. The Morgan fingerprint density at radius 2 is 2.23 bits per heavy atom. The molecule has 6 nitrogen and oxygen atoms in total. The summed E-state index contributed by atoms with van der Waals surface area (Å²) in [4.78, 5) is 12.1. The van der Waals surface area contributed by atoms with Crippen molar-refractivity contribution in [2.24, 2.45) is 0 Å². The highest BCUT2D eigenvalue weighted by atomic mass is 19.3. The Balaban J connectivity index is 1.76. The first kappa shape index (κ1) is 14.7. The molecule has 2 aromatic rings. The third-order valence-electron chi connectivity index (χ3n) is 3.64. The van der Waals surface area contributed by atoms with Crippen LogP contribution in [-0.2, 0) is 11.3 Å². The van der Waals surface area contributed by atoms with Gasteiger partial charge in [0, 0.05) is 11.6 Å². The Bertz CT molecular complexity index is 684. The Morgan fingerprint density at radius 3 is 2.77 bits per heavy atom. The number of carbonyl (C=O) groups excluding carboxylic acids is 1. The first-order valence-electron chi connectivity index (χ1n) is 7.04. The maximum atomic E-state index is 12.8. The highest BCUT2D eigenvalue weighted by Gasteiger charge is 2.30. The van der Waals surface area contributed by atoms with Crippen LogP contribution in [0.2, 0.25) is 0 Å². The van der Waals surface area contributed by atoms with Crippen molar-refractivity contribution < 1.29 is 18.1 Å². The molecule has 0 unspecified atom stereocenters. The summed E-state index contributed by atoms with van der Waals surface area (Å²) in [7, 11) is 0. The molecule has 1 amide bonds. The van der Waals surface area contributed by atoms with E-state index in [-0.39, 0.29) is 24.1 Å². The lowest BCUT2D eigenvalue weighted by atomic mass is 10.2. The number of aryl methyl sites for hydroxylation is 2. The van der Waals surface area contributed by atoms with E-state index >= 15 is 0 Å². The molecule has 8 heteroatoms. The lowest BCUT2D eigenvalue weighted by molar-refractivity contribution is -0.117. The average Bonchev–Trinajstić information content (AvgIpc) is 3.15. The van der Waals surface area contributed by atoms with E-state index in [4.69, 9.17) is 4.52 Å². The van der Waals surface area contributed by atoms with Gasteiger partial charge in [-0.3, -0.25) is 9.48 Å². The number of alkyl halides is 2. The van der Waals surface area contributed by atoms with Gasteiger partial charge in [0.2, 0.25) is 5.91 Å². The third kappa shape index (κ3) is 2.86. The van der Waals surface area contributed by atoms with Crippen LogP contribution in [0.1, 0.15) is 48.0 Å². The first-order chi connectivity index (χ1) is 10.5. The van der Waals surface area contributed by atoms with Crippen molar-refractivity contribution >= 4 is 11.6 Å². The number of nitrogens with one attached hydrogen (secondary N) is 1. The van der Waals surface area contributed by atoms with E-state index in [0.717, 1.165) is 12.8 Å². The van der Waals surface area contributed by atoms with E-state index in [9.17, 15) is 13.6 Å². The van der Waals surface area contributed by atoms with Crippen molar-refractivity contribution in [2.75, 3.05) is 5.32 Å². The molecule has 118 valence electrons. The number of hydrogen-bond acceptors (Lipinski definition) is 4. The van der Waals surface area contributed by atoms with Gasteiger partial charge in [-0.15, -0.1) is 0 Å². The molecule has 1 saturated carbocycles. The van der Waals surface area contributed by atoms with Crippen LogP contribution >= 0.6 is 0 Å². The molecule has 0 aliphatic heterocycles. The van der Waals surface area contributed by atoms with Gasteiger partial charge in [-0.2, -0.15) is 5.10 Å². The largest absolute Gasteiger partial charge is 0.359 e. The molecule has 22 heavy (non-hydrogen) atoms. The van der Waals surface area contributed by atoms with Gasteiger partial charge in [0.05, 0.1) is 0 Å². The first-order valence-corrected chi connectivity index (χ1v) is 7.04. The number of amides is 1. The Kier molecular flexibility index (Phi) is 3.67. The fraction of sp³-hybridized carbons (Fsp3) is 0.500. The molecular formula is C14H16F2N4O2. The minimum absolute atomic E-state index is 0.109. The minimum Gasteiger partial charge on any atom is -0.359 e. The van der Waals surface area contributed by atoms with Gasteiger partial charge in [-0.25, -0.2) is 8.78 Å². The summed E-state index contributed by atoms with van der Waals surface area (Å²) in [6.45, 7) is 3.29. The van der Waals surface area contributed by atoms with Crippen LogP contribution in [0.15, 0.2) is 10.6 Å². The third-order valence-corrected chi connectivity index (χ3v) is 3.64. The molecule has 1 fully saturated rings. The Labute approximate surface area is 125 Å². The van der Waals surface area contributed by atoms with Gasteiger partial charge in [0.25, 0.3) is 6.43 Å². The van der Waals surface area contributed by atoms with Crippen LogP contribution < -0.4 is 5.32 Å². The van der Waals surface area contributed by atoms with Crippen LogP contribution in [-0.4, -0.2) is 20.8 Å². The molecule has 1 aliphatic carbocycles. The number of hydrogen-bond donors (Lipinski definition) is 1. The molecule has 2 aromatic heterocycles. The molecule has 1 aliphatic rings. The summed E-state index contributed by atoms with van der Waals surface area (Å²) in [5, 5.41) is 10.3. The van der Waals surface area contributed by atoms with E-state index in [1.54, 1.807) is 13.8 Å². The van der Waals surface area contributed by atoms with Crippen molar-refractivity contribution in [3.63, 3.8) is 0 Å². The topological polar surface area (TPSA) is 73.0 Å². The fourth-order valence-corrected chi connectivity index (χ4v) is 2.37. The maximum absolute atomic E-state index is 12.8. The molecule has 0 atom stereocenters. The Morgan fingerprint density at radius 1 is 1.50 bits per heavy atom. The van der Waals surface area contributed by atoms with Gasteiger partial charge in [-0.05, 0) is 32.8 Å². The molecular weight excluding hydrogens is 294 g/mol. The minimum atomic E-state index is -2.63. The van der Waals surface area contributed by atoms with Crippen LogP contribution in [0.25, 0.3) is 0 Å². The van der Waals surface area contributed by atoms with Gasteiger partial charge >= 0.3 is 0 Å². The van der Waals surface area contributed by atoms with Gasteiger partial charge in [0.15, 0.2) is 5.76 Å². The standard InChI is InChI=1S/C14H16F2N4O2/c1-7-13(8(2)22-19-7)17-12(21)6-20-11(9-3-4-9)5-10(18-20)14(15)16/h5,9,14H,3-4,6H2,1-2H3,(H,17,21). The SMILES string of the molecule is Cc1noc(C)c1NC(=O)Cn1nc(C(F)F)cc1C1CC1. The predicted octanol–water partition coefficient (Wildman–Crippen LogP) is 2.94. The fourth-order valence-electron chi connectivity index (χ4n) is 2.37. The van der Waals surface area contributed by atoms with E-state index in [1.165, 1.54) is 10.7 Å². The molecule has 0 aromatic carbocycles. The maximum Gasteiger partial charge on any atom is 0.282 e. The van der Waals surface area contributed by atoms with Crippen molar-refractivity contribution in [3.05, 3.63) is 28.9 Å². The van der Waals surface area contributed by atoms with Crippen LogP contribution in [0.3, 0.4) is 0 Å². The summed E-state index contributed by atoms with van der Waals surface area (Å²) in [6.07, 6.45) is -0.746. The lowest BCUT2D eigenvalue weighted by Gasteiger charge is -2.07. The second-order valence-electron chi connectivity index (χ2n) is 5.47. The average molecular weight is 310 g/mol. The summed E-state index contributed by atoms with van der Waals surface area (Å²) < 4.78 is 31.9. The number of nitrogens with zero attached hydrogens (tertiary/aromatic N) is 3. The van der Waals surface area contributed by atoms with Gasteiger partial charge in [0.1, 0.15) is 23.6 Å². The zero-order valence-corrected chi connectivity index (χ0v) is 12.3. The number of anilines is 1. The van der Waals surface area contributed by atoms with Crippen molar-refractivity contribution in [1.82, 2.24) is 14.9 Å². The van der Waals surface area contributed by atoms with Crippen molar-refractivity contribution in [2.45, 2.75) is 45.6 Å². The molecule has 0 radical (unpaired) electrons. The zero-order valence-electron chi connectivity index (χ0n) is 12.3. The summed E-state index contributed by atoms with van der Waals surface area (Å²) in [6, 6.07) is 1.39. The van der Waals surface area contributed by atoms with E-state index in [0.29, 0.717) is 22.8 Å². The van der Waals surface area contributed by atoms with Crippen molar-refractivity contribution in [3.8, 4) is 0 Å². The lowest BCUT2D eigenvalue weighted by Crippen LogP contribution is -2.21. The second-order valence-corrected chi connectivity index (χ2v) is 5.47. The Hall–Kier alpha value is -2.25. The smallest absolute Gasteiger partial charge is 0.282 e. The van der Waals surface area contributed by atoms with E-state index < -0.39 is 6.43 Å². The number of carbonyl (C=O) groups is 1. The molecule has 2 heterocycles. The van der Waals surface area contributed by atoms with E-state index in [2.05, 4.69) is 15.6 Å². The highest BCUT2D eigenvalue weighted by Crippen LogP contribution is 2.41. The summed E-state index contributed by atoms with van der Waals surface area (Å²) in [5.41, 5.74) is 1.50. The molecule has 3 rings (SSSR count). The second kappa shape index (κ2) is 5.51. The predicted molar refractivity (Wildman–Crippen MR) is 73.8 cm³/mol. The summed E-state index contributed by atoms with van der Waals surface area (Å²) in [5.74, 6) is 0.383. The molecule has 1 N–H and O–H groups in total. The van der Waals surface area contributed by atoms with Crippen LogP contribution in [0.4, 0.5) is 14.5 Å². The van der Waals surface area contributed by atoms with Gasteiger partial charge in [-0.1, -0.05) is 5.16 Å².